The molecule has 0 unspecified atom stereocenters. The van der Waals surface area contributed by atoms with E-state index in [1.807, 2.05) is 68.4 Å². The Hall–Kier alpha value is -4.51. The third kappa shape index (κ3) is 9.78. The van der Waals surface area contributed by atoms with Gasteiger partial charge >= 0.3 is 6.03 Å². The van der Waals surface area contributed by atoms with Gasteiger partial charge in [-0.2, -0.15) is 0 Å². The summed E-state index contributed by atoms with van der Waals surface area (Å²) in [4.78, 5) is 35.7. The number of hydrogen-bond donors (Lipinski definition) is 3. The van der Waals surface area contributed by atoms with E-state index in [-0.39, 0.29) is 30.6 Å². The highest BCUT2D eigenvalue weighted by molar-refractivity contribution is 6.07. The number of fused-ring (bicyclic) bond motifs is 2. The van der Waals surface area contributed by atoms with Gasteiger partial charge in [-0.3, -0.25) is 14.7 Å². The van der Waals surface area contributed by atoms with E-state index < -0.39 is 12.1 Å². The van der Waals surface area contributed by atoms with Crippen LogP contribution in [-0.2, 0) is 11.3 Å². The molecule has 2 heterocycles. The Labute approximate surface area is 289 Å². The summed E-state index contributed by atoms with van der Waals surface area (Å²) >= 11 is 0. The van der Waals surface area contributed by atoms with Crippen molar-refractivity contribution >= 4 is 34.1 Å². The van der Waals surface area contributed by atoms with Gasteiger partial charge in [0.05, 0.1) is 36.1 Å². The number of ether oxygens (including phenoxy) is 2. The van der Waals surface area contributed by atoms with Gasteiger partial charge in [-0.15, -0.1) is 0 Å². The van der Waals surface area contributed by atoms with Crippen LogP contribution in [-0.4, -0.2) is 83.4 Å². The second kappa shape index (κ2) is 17.2. The number of anilines is 2. The molecule has 10 heteroatoms. The maximum absolute atomic E-state index is 14.5. The van der Waals surface area contributed by atoms with Crippen LogP contribution in [0, 0.1) is 5.92 Å². The Morgan fingerprint density at radius 1 is 1.04 bits per heavy atom. The summed E-state index contributed by atoms with van der Waals surface area (Å²) in [6, 6.07) is 21.9. The van der Waals surface area contributed by atoms with Gasteiger partial charge in [-0.05, 0) is 87.5 Å². The van der Waals surface area contributed by atoms with E-state index in [9.17, 15) is 14.7 Å². The van der Waals surface area contributed by atoms with Crippen LogP contribution in [0.2, 0.25) is 0 Å². The van der Waals surface area contributed by atoms with Crippen LogP contribution in [0.3, 0.4) is 0 Å². The number of amides is 3. The SMILES string of the molecule is C[C@H](CO)N1C[C@H](C)[C@@H](CN(C)Cc2ccncc2)OCCCC[C@H](C)Oc2ccc(NC(=O)Nc3cccc4ccccc34)cc2C1=O. The summed E-state index contributed by atoms with van der Waals surface area (Å²) in [5.41, 5.74) is 2.62. The lowest BCUT2D eigenvalue weighted by Crippen LogP contribution is -2.47. The van der Waals surface area contributed by atoms with Gasteiger partial charge in [0.2, 0.25) is 0 Å². The molecule has 0 saturated carbocycles. The van der Waals surface area contributed by atoms with Gasteiger partial charge in [0.15, 0.2) is 0 Å². The molecule has 3 amide bonds. The highest BCUT2D eigenvalue weighted by atomic mass is 16.5. The van der Waals surface area contributed by atoms with Crippen LogP contribution in [0.15, 0.2) is 85.2 Å². The summed E-state index contributed by atoms with van der Waals surface area (Å²) in [5, 5.41) is 18.1. The first-order chi connectivity index (χ1) is 23.7. The van der Waals surface area contributed by atoms with Gasteiger partial charge in [0.1, 0.15) is 5.75 Å². The fourth-order valence-electron chi connectivity index (χ4n) is 6.25. The van der Waals surface area contributed by atoms with Crippen LogP contribution in [0.1, 0.15) is 56.0 Å². The lowest BCUT2D eigenvalue weighted by Gasteiger charge is -2.36. The van der Waals surface area contributed by atoms with Crippen LogP contribution < -0.4 is 15.4 Å². The number of aliphatic hydroxyl groups excluding tert-OH is 1. The zero-order valence-corrected chi connectivity index (χ0v) is 29.0. The predicted molar refractivity (Wildman–Crippen MR) is 194 cm³/mol. The molecule has 4 atom stereocenters. The van der Waals surface area contributed by atoms with E-state index in [1.165, 1.54) is 0 Å². The fourth-order valence-corrected chi connectivity index (χ4v) is 6.25. The number of hydrogen-bond acceptors (Lipinski definition) is 7. The number of carbonyl (C=O) groups is 2. The Morgan fingerprint density at radius 3 is 2.61 bits per heavy atom. The topological polar surface area (TPSA) is 116 Å². The molecule has 260 valence electrons. The average molecular weight is 668 g/mol. The van der Waals surface area contributed by atoms with E-state index >= 15 is 0 Å². The molecule has 1 aliphatic heterocycles. The summed E-state index contributed by atoms with van der Waals surface area (Å²) < 4.78 is 12.8. The summed E-state index contributed by atoms with van der Waals surface area (Å²) in [6.07, 6.45) is 5.91. The van der Waals surface area contributed by atoms with E-state index in [0.717, 1.165) is 42.1 Å². The van der Waals surface area contributed by atoms with Gasteiger partial charge in [0, 0.05) is 55.6 Å². The van der Waals surface area contributed by atoms with Crippen molar-refractivity contribution < 1.29 is 24.2 Å². The van der Waals surface area contributed by atoms with Gasteiger partial charge < -0.3 is 30.1 Å². The summed E-state index contributed by atoms with van der Waals surface area (Å²) in [5.74, 6) is 0.119. The highest BCUT2D eigenvalue weighted by Gasteiger charge is 2.30. The summed E-state index contributed by atoms with van der Waals surface area (Å²) in [6.45, 7) is 8.12. The number of carbonyl (C=O) groups excluding carboxylic acids is 2. The maximum Gasteiger partial charge on any atom is 0.323 e. The molecule has 10 nitrogen and oxygen atoms in total. The van der Waals surface area contributed by atoms with E-state index in [0.29, 0.717) is 42.4 Å². The lowest BCUT2D eigenvalue weighted by atomic mass is 10.0. The van der Waals surface area contributed by atoms with Crippen molar-refractivity contribution in [2.45, 2.75) is 64.8 Å². The van der Waals surface area contributed by atoms with Gasteiger partial charge in [0.25, 0.3) is 5.91 Å². The number of aliphatic hydroxyl groups is 1. The van der Waals surface area contributed by atoms with Crippen molar-refractivity contribution in [3.05, 3.63) is 96.3 Å². The van der Waals surface area contributed by atoms with Crippen molar-refractivity contribution in [1.29, 1.82) is 0 Å². The normalized spacial score (nSPS) is 19.8. The molecule has 0 radical (unpaired) electrons. The van der Waals surface area contributed by atoms with Crippen LogP contribution in [0.5, 0.6) is 5.75 Å². The molecular weight excluding hydrogens is 618 g/mol. The van der Waals surface area contributed by atoms with E-state index in [4.69, 9.17) is 9.47 Å². The zero-order valence-electron chi connectivity index (χ0n) is 29.0. The molecule has 0 saturated heterocycles. The van der Waals surface area contributed by atoms with Crippen molar-refractivity contribution in [1.82, 2.24) is 14.8 Å². The third-order valence-corrected chi connectivity index (χ3v) is 9.04. The first-order valence-corrected chi connectivity index (χ1v) is 17.2. The van der Waals surface area contributed by atoms with Crippen LogP contribution in [0.25, 0.3) is 10.8 Å². The van der Waals surface area contributed by atoms with E-state index in [2.05, 4.69) is 34.5 Å². The third-order valence-electron chi connectivity index (χ3n) is 9.04. The number of pyridine rings is 1. The number of likely N-dealkylation sites (N-methyl/N-ethyl adjacent to an activating group) is 1. The quantitative estimate of drug-likeness (QED) is 0.189. The van der Waals surface area contributed by atoms with Crippen LogP contribution >= 0.6 is 0 Å². The predicted octanol–water partition coefficient (Wildman–Crippen LogP) is 6.81. The molecule has 3 N–H and O–H groups in total. The number of aromatic nitrogens is 1. The molecule has 1 aromatic heterocycles. The number of nitrogens with zero attached hydrogens (tertiary/aromatic N) is 3. The largest absolute Gasteiger partial charge is 0.490 e. The minimum Gasteiger partial charge on any atom is -0.490 e. The van der Waals surface area contributed by atoms with Crippen molar-refractivity contribution in [2.75, 3.05) is 44.0 Å². The number of urea groups is 1. The molecule has 5 rings (SSSR count). The first-order valence-electron chi connectivity index (χ1n) is 17.2. The molecule has 0 spiro atoms. The minimum atomic E-state index is -0.463. The molecule has 49 heavy (non-hydrogen) atoms. The first kappa shape index (κ1) is 35.8. The Kier molecular flexibility index (Phi) is 12.6. The average Bonchev–Trinajstić information content (AvgIpc) is 3.10. The van der Waals surface area contributed by atoms with Crippen molar-refractivity contribution in [3.8, 4) is 5.75 Å². The molecule has 0 aliphatic carbocycles. The monoisotopic (exact) mass is 667 g/mol. The lowest BCUT2D eigenvalue weighted by molar-refractivity contribution is -0.0177. The van der Waals surface area contributed by atoms with Crippen LogP contribution in [0.4, 0.5) is 16.2 Å². The zero-order chi connectivity index (χ0) is 34.8. The minimum absolute atomic E-state index is 0.0446. The van der Waals surface area contributed by atoms with Gasteiger partial charge in [-0.1, -0.05) is 43.3 Å². The molecule has 1 aliphatic rings. The van der Waals surface area contributed by atoms with Gasteiger partial charge in [-0.25, -0.2) is 4.79 Å². The number of rotatable bonds is 8. The second-order valence-corrected chi connectivity index (χ2v) is 13.2. The van der Waals surface area contributed by atoms with Crippen molar-refractivity contribution in [3.63, 3.8) is 0 Å². The van der Waals surface area contributed by atoms with E-state index in [1.54, 1.807) is 35.5 Å². The number of nitrogens with one attached hydrogen (secondary N) is 2. The molecular formula is C39H49N5O5. The highest BCUT2D eigenvalue weighted by Crippen LogP contribution is 2.29. The number of benzene rings is 3. The molecule has 0 fully saturated rings. The van der Waals surface area contributed by atoms with Crippen molar-refractivity contribution in [2.24, 2.45) is 5.92 Å². The molecule has 4 aromatic rings. The Morgan fingerprint density at radius 2 is 1.82 bits per heavy atom. The summed E-state index contributed by atoms with van der Waals surface area (Å²) in [7, 11) is 2.07. The smallest absolute Gasteiger partial charge is 0.323 e. The Balaban J connectivity index is 1.39. The molecule has 0 bridgehead atoms. The maximum atomic E-state index is 14.5. The molecule has 3 aromatic carbocycles. The fraction of sp³-hybridized carbons (Fsp3) is 0.410. The Bertz CT molecular complexity index is 1680. The standard InChI is InChI=1S/C39H49N5O5/c1-27-23-44(28(2)26-45)38(46)34-22-32(41-39(47)42-35-14-9-12-31-11-5-6-13-33(31)35)15-16-36(34)49-29(3)10-7-8-21-48-37(27)25-43(4)24-30-17-19-40-20-18-30/h5-6,9,11-20,22,27-29,37,45H,7-8,10,21,23-26H2,1-4H3,(H2,41,42,47)/t27-,28+,29-,37+/m0/s1. The second-order valence-electron chi connectivity index (χ2n) is 13.2.